The van der Waals surface area contributed by atoms with Gasteiger partial charge in [-0.2, -0.15) is 4.99 Å². The topological polar surface area (TPSA) is 144 Å². The molecule has 11 nitrogen and oxygen atoms in total. The highest BCUT2D eigenvalue weighted by molar-refractivity contribution is 6.16. The van der Waals surface area contributed by atoms with Crippen LogP contribution in [-0.2, 0) is 4.74 Å². The first-order valence-corrected chi connectivity index (χ1v) is 6.22. The molecule has 0 spiro atoms. The molecule has 21 heavy (non-hydrogen) atoms. The van der Waals surface area contributed by atoms with E-state index in [9.17, 15) is 19.5 Å². The summed E-state index contributed by atoms with van der Waals surface area (Å²) >= 11 is 0. The van der Waals surface area contributed by atoms with E-state index in [1.165, 1.54) is 0 Å². The van der Waals surface area contributed by atoms with Crippen molar-refractivity contribution in [1.29, 1.82) is 0 Å². The molecule has 11 heteroatoms. The number of nitrogens with zero attached hydrogens (tertiary/aromatic N) is 3. The van der Waals surface area contributed by atoms with Crippen LogP contribution in [0.1, 0.15) is 6.42 Å². The van der Waals surface area contributed by atoms with Crippen LogP contribution in [0.3, 0.4) is 0 Å². The van der Waals surface area contributed by atoms with Crippen molar-refractivity contribution in [3.05, 3.63) is 0 Å². The Balaban J connectivity index is 1.79. The number of aliphatic imine (C=N–C) groups is 1. The molecule has 2 saturated heterocycles. The van der Waals surface area contributed by atoms with Gasteiger partial charge < -0.3 is 14.9 Å². The third-order valence-corrected chi connectivity index (χ3v) is 3.42. The zero-order chi connectivity index (χ0) is 15.1. The standard InChI is InChI=1S/C10H13N5O6/c16-2-5-4(17)1-6(21-5)14-3-15-7(12-9(14)19)11-8(18)13-10(15)20/h4-6,16-17H,1-3H2,(H2,11,12,13,18,19,20). The fourth-order valence-electron chi connectivity index (χ4n) is 2.33. The van der Waals surface area contributed by atoms with Gasteiger partial charge in [0.1, 0.15) is 19.0 Å². The van der Waals surface area contributed by atoms with Crippen LogP contribution in [0.2, 0.25) is 0 Å². The largest absolute Gasteiger partial charge is 0.394 e. The molecule has 2 fully saturated rings. The minimum atomic E-state index is -0.909. The van der Waals surface area contributed by atoms with E-state index in [1.807, 2.05) is 5.32 Å². The molecule has 0 aromatic carbocycles. The van der Waals surface area contributed by atoms with Crippen LogP contribution in [0.4, 0.5) is 14.4 Å². The Morgan fingerprint density at radius 3 is 2.76 bits per heavy atom. The van der Waals surface area contributed by atoms with Crippen LogP contribution < -0.4 is 10.6 Å². The summed E-state index contributed by atoms with van der Waals surface area (Å²) in [7, 11) is 0. The summed E-state index contributed by atoms with van der Waals surface area (Å²) in [5.74, 6) is -0.151. The summed E-state index contributed by atoms with van der Waals surface area (Å²) in [5, 5.41) is 23.0. The Morgan fingerprint density at radius 2 is 2.10 bits per heavy atom. The van der Waals surface area contributed by atoms with E-state index < -0.39 is 36.5 Å². The quantitative estimate of drug-likeness (QED) is 0.461. The van der Waals surface area contributed by atoms with E-state index in [-0.39, 0.29) is 25.7 Å². The lowest BCUT2D eigenvalue weighted by atomic mass is 10.2. The Hall–Kier alpha value is -2.24. The number of hydrogen-bond acceptors (Lipinski definition) is 6. The predicted molar refractivity (Wildman–Crippen MR) is 64.8 cm³/mol. The van der Waals surface area contributed by atoms with Crippen molar-refractivity contribution in [2.24, 2.45) is 4.99 Å². The molecule has 0 bridgehead atoms. The van der Waals surface area contributed by atoms with Gasteiger partial charge in [-0.05, 0) is 0 Å². The van der Waals surface area contributed by atoms with Crippen molar-refractivity contribution >= 4 is 24.1 Å². The van der Waals surface area contributed by atoms with Gasteiger partial charge in [-0.15, -0.1) is 0 Å². The Labute approximate surface area is 118 Å². The molecule has 3 rings (SSSR count). The number of guanidine groups is 1. The number of rotatable bonds is 2. The summed E-state index contributed by atoms with van der Waals surface area (Å²) in [5.41, 5.74) is 0. The highest BCUT2D eigenvalue weighted by Gasteiger charge is 2.43. The van der Waals surface area contributed by atoms with Gasteiger partial charge in [-0.3, -0.25) is 15.5 Å². The van der Waals surface area contributed by atoms with Crippen LogP contribution in [0.15, 0.2) is 4.99 Å². The third kappa shape index (κ3) is 2.30. The van der Waals surface area contributed by atoms with Crippen molar-refractivity contribution in [1.82, 2.24) is 20.4 Å². The van der Waals surface area contributed by atoms with Gasteiger partial charge in [0.05, 0.1) is 12.7 Å². The predicted octanol–water partition coefficient (Wildman–Crippen LogP) is -2.06. The minimum Gasteiger partial charge on any atom is -0.394 e. The second kappa shape index (κ2) is 4.95. The van der Waals surface area contributed by atoms with Crippen molar-refractivity contribution in [2.45, 2.75) is 24.9 Å². The number of aliphatic hydroxyl groups is 2. The fourth-order valence-corrected chi connectivity index (χ4v) is 2.33. The molecule has 0 aliphatic carbocycles. The van der Waals surface area contributed by atoms with Gasteiger partial charge in [0, 0.05) is 6.42 Å². The fraction of sp³-hybridized carbons (Fsp3) is 0.600. The first-order valence-electron chi connectivity index (χ1n) is 6.22. The molecule has 0 radical (unpaired) electrons. The normalized spacial score (nSPS) is 32.6. The molecule has 114 valence electrons. The van der Waals surface area contributed by atoms with E-state index in [1.54, 1.807) is 0 Å². The molecule has 3 aliphatic heterocycles. The van der Waals surface area contributed by atoms with Gasteiger partial charge in [-0.1, -0.05) is 0 Å². The van der Waals surface area contributed by atoms with E-state index in [0.29, 0.717) is 0 Å². The summed E-state index contributed by atoms with van der Waals surface area (Å²) in [6.45, 7) is -0.562. The molecule has 0 aromatic rings. The van der Waals surface area contributed by atoms with Crippen LogP contribution in [0, 0.1) is 0 Å². The number of nitrogens with one attached hydrogen (secondary N) is 2. The second-order valence-electron chi connectivity index (χ2n) is 4.76. The van der Waals surface area contributed by atoms with Crippen LogP contribution in [-0.4, -0.2) is 75.8 Å². The Kier molecular flexibility index (Phi) is 3.23. The van der Waals surface area contributed by atoms with E-state index in [0.717, 1.165) is 9.80 Å². The van der Waals surface area contributed by atoms with E-state index in [4.69, 9.17) is 9.84 Å². The number of fused-ring (bicyclic) bond motifs is 1. The SMILES string of the molecule is O=C1NC(=O)N2CN(C3CC(O)C(CO)O3)C(=O)N=C2N1. The number of imide groups is 1. The zero-order valence-corrected chi connectivity index (χ0v) is 10.7. The van der Waals surface area contributed by atoms with Crippen LogP contribution in [0.5, 0.6) is 0 Å². The number of hydrogen-bond donors (Lipinski definition) is 4. The van der Waals surface area contributed by atoms with Crippen molar-refractivity contribution in [3.8, 4) is 0 Å². The maximum Gasteiger partial charge on any atom is 0.350 e. The second-order valence-corrected chi connectivity index (χ2v) is 4.76. The molecule has 3 aliphatic rings. The lowest BCUT2D eigenvalue weighted by Crippen LogP contribution is -2.66. The Bertz CT molecular complexity index is 536. The summed E-state index contributed by atoms with van der Waals surface area (Å²) in [4.78, 5) is 40.6. The number of ether oxygens (including phenoxy) is 1. The Morgan fingerprint density at radius 1 is 1.33 bits per heavy atom. The lowest BCUT2D eigenvalue weighted by molar-refractivity contribution is -0.0695. The van der Waals surface area contributed by atoms with Crippen molar-refractivity contribution < 1.29 is 29.3 Å². The third-order valence-electron chi connectivity index (χ3n) is 3.42. The zero-order valence-electron chi connectivity index (χ0n) is 10.7. The number of carbonyl (C=O) groups excluding carboxylic acids is 3. The van der Waals surface area contributed by atoms with E-state index >= 15 is 0 Å². The number of urea groups is 3. The van der Waals surface area contributed by atoms with E-state index in [2.05, 4.69) is 10.3 Å². The lowest BCUT2D eigenvalue weighted by Gasteiger charge is -2.38. The molecular formula is C10H13N5O6. The monoisotopic (exact) mass is 299 g/mol. The number of carbonyl (C=O) groups is 3. The van der Waals surface area contributed by atoms with Crippen LogP contribution >= 0.6 is 0 Å². The van der Waals surface area contributed by atoms with Gasteiger partial charge in [-0.25, -0.2) is 19.3 Å². The maximum absolute atomic E-state index is 12.0. The van der Waals surface area contributed by atoms with Gasteiger partial charge in [0.25, 0.3) is 0 Å². The van der Waals surface area contributed by atoms with Crippen molar-refractivity contribution in [2.75, 3.05) is 13.3 Å². The average Bonchev–Trinajstić information content (AvgIpc) is 2.78. The number of amides is 6. The van der Waals surface area contributed by atoms with Crippen LogP contribution in [0.25, 0.3) is 0 Å². The molecule has 3 unspecified atom stereocenters. The molecule has 3 heterocycles. The maximum atomic E-state index is 12.0. The van der Waals surface area contributed by atoms with Gasteiger partial charge >= 0.3 is 18.1 Å². The highest BCUT2D eigenvalue weighted by atomic mass is 16.5. The first kappa shape index (κ1) is 13.7. The molecular weight excluding hydrogens is 286 g/mol. The smallest absolute Gasteiger partial charge is 0.350 e. The molecule has 4 N–H and O–H groups in total. The molecule has 0 aromatic heterocycles. The molecule has 0 saturated carbocycles. The first-order chi connectivity index (χ1) is 9.99. The minimum absolute atomic E-state index is 0.101. The molecule has 6 amide bonds. The number of aliphatic hydroxyl groups excluding tert-OH is 2. The summed E-state index contributed by atoms with van der Waals surface area (Å²) < 4.78 is 5.36. The summed E-state index contributed by atoms with van der Waals surface area (Å²) in [6.07, 6.45) is -2.40. The molecule has 3 atom stereocenters. The van der Waals surface area contributed by atoms with Gasteiger partial charge in [0.15, 0.2) is 0 Å². The average molecular weight is 299 g/mol. The summed E-state index contributed by atoms with van der Waals surface area (Å²) in [6, 6.07) is -2.18. The van der Waals surface area contributed by atoms with Crippen molar-refractivity contribution in [3.63, 3.8) is 0 Å². The van der Waals surface area contributed by atoms with Gasteiger partial charge in [0.2, 0.25) is 5.96 Å². The highest BCUT2D eigenvalue weighted by Crippen LogP contribution is 2.25.